The highest BCUT2D eigenvalue weighted by Gasteiger charge is 2.33. The number of carbonyl (C=O) groups is 1. The fourth-order valence-electron chi connectivity index (χ4n) is 3.98. The second kappa shape index (κ2) is 8.39. The summed E-state index contributed by atoms with van der Waals surface area (Å²) in [5.41, 5.74) is 0.869. The molecule has 2 heterocycles. The molecule has 10 heteroatoms. The van der Waals surface area contributed by atoms with Gasteiger partial charge in [-0.2, -0.15) is 13.2 Å². The van der Waals surface area contributed by atoms with Gasteiger partial charge < -0.3 is 5.32 Å². The van der Waals surface area contributed by atoms with Gasteiger partial charge in [-0.1, -0.05) is 54.1 Å². The summed E-state index contributed by atoms with van der Waals surface area (Å²) < 4.78 is 42.7. The molecule has 0 saturated heterocycles. The summed E-state index contributed by atoms with van der Waals surface area (Å²) >= 11 is 0. The van der Waals surface area contributed by atoms with Gasteiger partial charge in [-0.15, -0.1) is 10.2 Å². The van der Waals surface area contributed by atoms with E-state index in [9.17, 15) is 22.8 Å². The van der Waals surface area contributed by atoms with E-state index in [1.807, 2.05) is 31.2 Å². The maximum absolute atomic E-state index is 13.3. The van der Waals surface area contributed by atoms with Crippen LogP contribution in [-0.4, -0.2) is 25.1 Å². The molecule has 0 spiro atoms. The van der Waals surface area contributed by atoms with Crippen LogP contribution in [0, 0.1) is 6.92 Å². The molecule has 0 saturated carbocycles. The SMILES string of the molecule is Cc1ccc(-c2nnc3c(=O)n(CC(=O)Nc4ccccc4C(F)(F)F)c4ccccc4n23)cc1. The van der Waals surface area contributed by atoms with Crippen molar-refractivity contribution >= 4 is 28.3 Å². The van der Waals surface area contributed by atoms with Gasteiger partial charge in [0.15, 0.2) is 5.82 Å². The largest absolute Gasteiger partial charge is 0.418 e. The van der Waals surface area contributed by atoms with Crippen molar-refractivity contribution in [1.82, 2.24) is 19.2 Å². The molecule has 0 atom stereocenters. The highest BCUT2D eigenvalue weighted by atomic mass is 19.4. The first-order valence-corrected chi connectivity index (χ1v) is 10.6. The zero-order valence-corrected chi connectivity index (χ0v) is 18.4. The third-order valence-electron chi connectivity index (χ3n) is 5.63. The van der Waals surface area contributed by atoms with E-state index in [2.05, 4.69) is 15.5 Å². The van der Waals surface area contributed by atoms with Crippen molar-refractivity contribution in [1.29, 1.82) is 0 Å². The van der Waals surface area contributed by atoms with Crippen LogP contribution in [0.3, 0.4) is 0 Å². The van der Waals surface area contributed by atoms with Gasteiger partial charge in [0, 0.05) is 5.56 Å². The third kappa shape index (κ3) is 4.03. The number of aromatic nitrogens is 4. The number of anilines is 1. The number of para-hydroxylation sites is 3. The van der Waals surface area contributed by atoms with E-state index in [1.165, 1.54) is 16.7 Å². The molecule has 0 radical (unpaired) electrons. The number of fused-ring (bicyclic) bond motifs is 3. The average Bonchev–Trinajstić information content (AvgIpc) is 3.27. The van der Waals surface area contributed by atoms with Crippen LogP contribution in [0.4, 0.5) is 18.9 Å². The molecule has 0 fully saturated rings. The van der Waals surface area contributed by atoms with Crippen LogP contribution in [0.2, 0.25) is 0 Å². The molecule has 7 nitrogen and oxygen atoms in total. The maximum Gasteiger partial charge on any atom is 0.418 e. The molecule has 176 valence electrons. The van der Waals surface area contributed by atoms with E-state index in [-0.39, 0.29) is 11.3 Å². The first kappa shape index (κ1) is 22.3. The van der Waals surface area contributed by atoms with Crippen molar-refractivity contribution in [3.8, 4) is 11.4 Å². The lowest BCUT2D eigenvalue weighted by atomic mass is 10.1. The van der Waals surface area contributed by atoms with Gasteiger partial charge in [-0.05, 0) is 31.2 Å². The minimum Gasteiger partial charge on any atom is -0.324 e. The Bertz CT molecular complexity index is 1640. The predicted molar refractivity (Wildman–Crippen MR) is 125 cm³/mol. The molecule has 1 N–H and O–H groups in total. The third-order valence-corrected chi connectivity index (χ3v) is 5.63. The fraction of sp³-hybridized carbons (Fsp3) is 0.120. The Labute approximate surface area is 196 Å². The Kier molecular flexibility index (Phi) is 5.35. The summed E-state index contributed by atoms with van der Waals surface area (Å²) in [5, 5.41) is 10.6. The van der Waals surface area contributed by atoms with E-state index < -0.39 is 29.8 Å². The molecule has 0 unspecified atom stereocenters. The Morgan fingerprint density at radius 2 is 1.57 bits per heavy atom. The number of hydrogen-bond donors (Lipinski definition) is 1. The number of benzene rings is 3. The van der Waals surface area contributed by atoms with Gasteiger partial charge in [0.05, 0.1) is 22.3 Å². The van der Waals surface area contributed by atoms with Gasteiger partial charge >= 0.3 is 6.18 Å². The lowest BCUT2D eigenvalue weighted by Crippen LogP contribution is -2.30. The molecule has 2 aromatic heterocycles. The normalized spacial score (nSPS) is 11.8. The van der Waals surface area contributed by atoms with Crippen molar-refractivity contribution in [3.63, 3.8) is 0 Å². The molecule has 3 aromatic carbocycles. The van der Waals surface area contributed by atoms with E-state index in [4.69, 9.17) is 0 Å². The molecule has 5 rings (SSSR count). The zero-order chi connectivity index (χ0) is 24.7. The summed E-state index contributed by atoms with van der Waals surface area (Å²) in [7, 11) is 0. The van der Waals surface area contributed by atoms with Gasteiger partial charge in [-0.3, -0.25) is 18.6 Å². The molecule has 0 bridgehead atoms. The minimum absolute atomic E-state index is 0.00256. The highest BCUT2D eigenvalue weighted by Crippen LogP contribution is 2.34. The van der Waals surface area contributed by atoms with Crippen LogP contribution >= 0.6 is 0 Å². The van der Waals surface area contributed by atoms with E-state index >= 15 is 0 Å². The molecule has 1 amide bonds. The topological polar surface area (TPSA) is 81.3 Å². The van der Waals surface area contributed by atoms with Crippen LogP contribution in [0.25, 0.3) is 28.1 Å². The van der Waals surface area contributed by atoms with E-state index in [0.29, 0.717) is 16.9 Å². The van der Waals surface area contributed by atoms with Gasteiger partial charge in [0.2, 0.25) is 11.6 Å². The molecule has 35 heavy (non-hydrogen) atoms. The van der Waals surface area contributed by atoms with Crippen molar-refractivity contribution in [2.75, 3.05) is 5.32 Å². The van der Waals surface area contributed by atoms with Crippen LogP contribution in [0.15, 0.2) is 77.6 Å². The highest BCUT2D eigenvalue weighted by molar-refractivity contribution is 5.92. The predicted octanol–water partition coefficient (Wildman–Crippen LogP) is 4.68. The van der Waals surface area contributed by atoms with Gasteiger partial charge in [0.1, 0.15) is 6.54 Å². The second-order valence-corrected chi connectivity index (χ2v) is 8.02. The number of halogens is 3. The van der Waals surface area contributed by atoms with Gasteiger partial charge in [0.25, 0.3) is 5.56 Å². The lowest BCUT2D eigenvalue weighted by molar-refractivity contribution is -0.137. The van der Waals surface area contributed by atoms with Crippen molar-refractivity contribution in [2.45, 2.75) is 19.6 Å². The van der Waals surface area contributed by atoms with E-state index in [0.717, 1.165) is 23.3 Å². The monoisotopic (exact) mass is 477 g/mol. The number of rotatable bonds is 4. The van der Waals surface area contributed by atoms with Crippen LogP contribution in [0.1, 0.15) is 11.1 Å². The molecular weight excluding hydrogens is 459 g/mol. The van der Waals surface area contributed by atoms with Crippen molar-refractivity contribution in [2.24, 2.45) is 0 Å². The first-order valence-electron chi connectivity index (χ1n) is 10.6. The Morgan fingerprint density at radius 1 is 0.914 bits per heavy atom. The lowest BCUT2D eigenvalue weighted by Gasteiger charge is -2.15. The quantitative estimate of drug-likeness (QED) is 0.408. The molecule has 0 aliphatic heterocycles. The maximum atomic E-state index is 13.3. The number of nitrogens with zero attached hydrogens (tertiary/aromatic N) is 4. The Hall–Kier alpha value is -4.47. The summed E-state index contributed by atoms with van der Waals surface area (Å²) in [5.74, 6) is -0.319. The Morgan fingerprint density at radius 3 is 2.29 bits per heavy atom. The van der Waals surface area contributed by atoms with Crippen LogP contribution < -0.4 is 10.9 Å². The number of alkyl halides is 3. The molecule has 0 aliphatic rings. The number of carbonyl (C=O) groups excluding carboxylic acids is 1. The summed E-state index contributed by atoms with van der Waals surface area (Å²) in [6.45, 7) is 1.45. The molecule has 0 aliphatic carbocycles. The van der Waals surface area contributed by atoms with Crippen molar-refractivity contribution in [3.05, 3.63) is 94.3 Å². The molecular formula is C25H18F3N5O2. The summed E-state index contributed by atoms with van der Waals surface area (Å²) in [6, 6.07) is 19.2. The van der Waals surface area contributed by atoms with Crippen LogP contribution in [0.5, 0.6) is 0 Å². The average molecular weight is 477 g/mol. The van der Waals surface area contributed by atoms with Gasteiger partial charge in [-0.25, -0.2) is 0 Å². The van der Waals surface area contributed by atoms with Crippen LogP contribution in [-0.2, 0) is 17.5 Å². The summed E-state index contributed by atoms with van der Waals surface area (Å²) in [4.78, 5) is 26.1. The molecule has 5 aromatic rings. The summed E-state index contributed by atoms with van der Waals surface area (Å²) in [6.07, 6.45) is -4.64. The fourth-order valence-corrected chi connectivity index (χ4v) is 3.98. The number of aryl methyl sites for hydroxylation is 1. The number of hydrogen-bond acceptors (Lipinski definition) is 4. The Balaban J connectivity index is 1.59. The van der Waals surface area contributed by atoms with E-state index in [1.54, 1.807) is 28.7 Å². The number of nitrogens with one attached hydrogen (secondary N) is 1. The zero-order valence-electron chi connectivity index (χ0n) is 18.4. The first-order chi connectivity index (χ1) is 16.7. The van der Waals surface area contributed by atoms with Crippen molar-refractivity contribution < 1.29 is 18.0 Å². The second-order valence-electron chi connectivity index (χ2n) is 8.02. The minimum atomic E-state index is -4.64. The smallest absolute Gasteiger partial charge is 0.324 e. The standard InChI is InChI=1S/C25H18F3N5O2/c1-15-10-12-16(13-11-15)22-30-31-23-24(35)32(19-8-4-5-9-20(19)33(22)23)14-21(34)29-18-7-3-2-6-17(18)25(26,27)28/h2-13H,14H2,1H3,(H,29,34). The number of amides is 1.